The summed E-state index contributed by atoms with van der Waals surface area (Å²) >= 11 is 7.26. The third-order valence-electron chi connectivity index (χ3n) is 4.74. The fraction of sp³-hybridized carbons (Fsp3) is 0.0476. The van der Waals surface area contributed by atoms with Crippen molar-refractivity contribution in [3.05, 3.63) is 96.7 Å². The van der Waals surface area contributed by atoms with Crippen LogP contribution in [0.1, 0.15) is 40.7 Å². The number of halogens is 1. The number of thiophene rings is 1. The highest BCUT2D eigenvalue weighted by Gasteiger charge is 2.46. The van der Waals surface area contributed by atoms with Crippen molar-refractivity contribution in [2.75, 3.05) is 6.54 Å². The molecule has 4 rings (SSSR count). The minimum absolute atomic E-state index is 0.0424. The fourth-order valence-electron chi connectivity index (χ4n) is 3.28. The van der Waals surface area contributed by atoms with Crippen molar-refractivity contribution in [2.24, 2.45) is 0 Å². The van der Waals surface area contributed by atoms with E-state index >= 15 is 0 Å². The molecule has 1 aliphatic rings. The van der Waals surface area contributed by atoms with Crippen molar-refractivity contribution >= 4 is 52.1 Å². The zero-order valence-electron chi connectivity index (χ0n) is 16.1. The number of fused-ring (bicyclic) bond motifs is 1. The van der Waals surface area contributed by atoms with Gasteiger partial charge in [0.05, 0.1) is 25.9 Å². The van der Waals surface area contributed by atoms with E-state index in [9.17, 15) is 29.3 Å². The van der Waals surface area contributed by atoms with Crippen molar-refractivity contribution in [2.45, 2.75) is 0 Å². The van der Waals surface area contributed by atoms with Gasteiger partial charge in [-0.2, -0.15) is 5.01 Å². The lowest BCUT2D eigenvalue weighted by molar-refractivity contribution is -0.385. The largest absolute Gasteiger partial charge is 0.291 e. The number of nitro groups is 1. The molecule has 0 fully saturated rings. The Bertz CT molecular complexity index is 1290. The predicted molar refractivity (Wildman–Crippen MR) is 115 cm³/mol. The Balaban J connectivity index is 1.80. The number of hydrogen-bond donors (Lipinski definition) is 0. The first-order chi connectivity index (χ1) is 15.3. The molecule has 0 saturated heterocycles. The maximum Gasteiger partial charge on any atom is 0.287 e. The van der Waals surface area contributed by atoms with Gasteiger partial charge in [0.25, 0.3) is 23.4 Å². The minimum atomic E-state index is -1.07. The molecule has 0 spiro atoms. The van der Waals surface area contributed by atoms with Crippen molar-refractivity contribution in [1.82, 2.24) is 10.0 Å². The molecule has 3 amide bonds. The second-order valence-electron chi connectivity index (χ2n) is 6.62. The quantitative estimate of drug-likeness (QED) is 0.234. The molecule has 32 heavy (non-hydrogen) atoms. The van der Waals surface area contributed by atoms with Crippen LogP contribution in [-0.2, 0) is 0 Å². The number of imide groups is 1. The van der Waals surface area contributed by atoms with Crippen molar-refractivity contribution < 1.29 is 24.1 Å². The van der Waals surface area contributed by atoms with E-state index in [1.54, 1.807) is 23.6 Å². The average molecular weight is 470 g/mol. The second-order valence-corrected chi connectivity index (χ2v) is 7.98. The van der Waals surface area contributed by atoms with Gasteiger partial charge in [-0.1, -0.05) is 35.9 Å². The number of Topliss-reactive ketones (excluding diaryl/α,β-unsaturated/α-hetero) is 1. The van der Waals surface area contributed by atoms with E-state index in [4.69, 9.17) is 11.6 Å². The van der Waals surface area contributed by atoms with Gasteiger partial charge < -0.3 is 0 Å². The van der Waals surface area contributed by atoms with Crippen LogP contribution in [0.15, 0.2) is 60.0 Å². The van der Waals surface area contributed by atoms with Gasteiger partial charge in [-0.3, -0.25) is 29.3 Å². The van der Waals surface area contributed by atoms with Crippen LogP contribution in [-0.4, -0.2) is 45.0 Å². The standard InChI is InChI=1S/C21H12ClN3O6S/c22-14-7-2-1-5-12(14)19(27)23(11-16(26)17-9-4-10-32-17)24-20(28)13-6-3-8-15(25(30)31)18(13)21(24)29/h1-10H,11H2. The molecular formula is C21H12ClN3O6S. The third kappa shape index (κ3) is 3.55. The zero-order valence-corrected chi connectivity index (χ0v) is 17.6. The maximum absolute atomic E-state index is 13.3. The SMILES string of the molecule is O=C(CN(C(=O)c1ccccc1Cl)N1C(=O)c2cccc([N+](=O)[O-])c2C1=O)c1cccs1. The smallest absolute Gasteiger partial charge is 0.287 e. The van der Waals surface area contributed by atoms with E-state index in [0.29, 0.717) is 14.9 Å². The number of ketones is 1. The van der Waals surface area contributed by atoms with Crippen LogP contribution in [0.2, 0.25) is 5.02 Å². The molecule has 0 N–H and O–H groups in total. The van der Waals surface area contributed by atoms with Crippen LogP contribution in [0, 0.1) is 10.1 Å². The minimum Gasteiger partial charge on any atom is -0.291 e. The van der Waals surface area contributed by atoms with E-state index in [1.165, 1.54) is 30.3 Å². The molecule has 0 bridgehead atoms. The molecule has 0 aliphatic carbocycles. The van der Waals surface area contributed by atoms with Crippen LogP contribution in [0.3, 0.4) is 0 Å². The lowest BCUT2D eigenvalue weighted by Gasteiger charge is -2.29. The number of carbonyl (C=O) groups is 4. The molecule has 0 radical (unpaired) electrons. The Morgan fingerprint density at radius 3 is 2.44 bits per heavy atom. The number of nitro benzene ring substituents is 1. The van der Waals surface area contributed by atoms with Crippen LogP contribution in [0.25, 0.3) is 0 Å². The molecule has 2 aromatic carbocycles. The van der Waals surface area contributed by atoms with Gasteiger partial charge >= 0.3 is 0 Å². The molecule has 1 aliphatic heterocycles. The van der Waals surface area contributed by atoms with Crippen molar-refractivity contribution in [3.63, 3.8) is 0 Å². The number of nitrogens with zero attached hydrogens (tertiary/aromatic N) is 3. The van der Waals surface area contributed by atoms with Gasteiger partial charge in [0, 0.05) is 6.07 Å². The van der Waals surface area contributed by atoms with Crippen molar-refractivity contribution in [3.8, 4) is 0 Å². The topological polar surface area (TPSA) is 118 Å². The highest BCUT2D eigenvalue weighted by atomic mass is 35.5. The summed E-state index contributed by atoms with van der Waals surface area (Å²) in [7, 11) is 0. The Kier molecular flexibility index (Phi) is 5.56. The monoisotopic (exact) mass is 469 g/mol. The summed E-state index contributed by atoms with van der Waals surface area (Å²) in [6.07, 6.45) is 0. The normalized spacial score (nSPS) is 12.6. The Morgan fingerprint density at radius 1 is 1.03 bits per heavy atom. The number of benzene rings is 2. The summed E-state index contributed by atoms with van der Waals surface area (Å²) in [4.78, 5) is 63.2. The van der Waals surface area contributed by atoms with Crippen LogP contribution in [0.5, 0.6) is 0 Å². The highest BCUT2D eigenvalue weighted by molar-refractivity contribution is 7.12. The van der Waals surface area contributed by atoms with Crippen molar-refractivity contribution in [1.29, 1.82) is 0 Å². The number of amides is 3. The van der Waals surface area contributed by atoms with Crippen LogP contribution in [0.4, 0.5) is 5.69 Å². The average Bonchev–Trinajstić information content (AvgIpc) is 3.40. The van der Waals surface area contributed by atoms with Gasteiger partial charge in [0.2, 0.25) is 0 Å². The van der Waals surface area contributed by atoms with E-state index in [0.717, 1.165) is 17.4 Å². The molecule has 9 nitrogen and oxygen atoms in total. The molecule has 160 valence electrons. The number of hydrogen-bond acceptors (Lipinski definition) is 7. The lowest BCUT2D eigenvalue weighted by Crippen LogP contribution is -2.51. The van der Waals surface area contributed by atoms with Crippen LogP contribution >= 0.6 is 22.9 Å². The molecule has 3 aromatic rings. The highest BCUT2D eigenvalue weighted by Crippen LogP contribution is 2.32. The van der Waals surface area contributed by atoms with Gasteiger partial charge in [0.1, 0.15) is 12.1 Å². The van der Waals surface area contributed by atoms with E-state index in [2.05, 4.69) is 0 Å². The number of hydrazine groups is 1. The lowest BCUT2D eigenvalue weighted by atomic mass is 10.1. The molecule has 1 aromatic heterocycles. The van der Waals surface area contributed by atoms with E-state index in [1.807, 2.05) is 0 Å². The Morgan fingerprint density at radius 2 is 1.78 bits per heavy atom. The maximum atomic E-state index is 13.3. The second kappa shape index (κ2) is 8.33. The first-order valence-corrected chi connectivity index (χ1v) is 10.4. The van der Waals surface area contributed by atoms with E-state index < -0.39 is 46.2 Å². The van der Waals surface area contributed by atoms with E-state index in [-0.39, 0.29) is 16.1 Å². The molecule has 0 saturated carbocycles. The third-order valence-corrected chi connectivity index (χ3v) is 5.98. The van der Waals surface area contributed by atoms with Gasteiger partial charge in [0.15, 0.2) is 5.78 Å². The summed E-state index contributed by atoms with van der Waals surface area (Å²) in [6.45, 7) is -0.649. The van der Waals surface area contributed by atoms with Crippen LogP contribution < -0.4 is 0 Å². The summed E-state index contributed by atoms with van der Waals surface area (Å²) in [6, 6.07) is 12.7. The summed E-state index contributed by atoms with van der Waals surface area (Å²) < 4.78 is 0. The first-order valence-electron chi connectivity index (χ1n) is 9.10. The molecular weight excluding hydrogens is 458 g/mol. The molecule has 0 atom stereocenters. The molecule has 0 unspecified atom stereocenters. The molecule has 11 heteroatoms. The van der Waals surface area contributed by atoms with Gasteiger partial charge in [-0.25, -0.2) is 5.01 Å². The Labute approximate surface area is 189 Å². The Hall–Kier alpha value is -3.89. The summed E-state index contributed by atoms with van der Waals surface area (Å²) in [5.41, 5.74) is -1.29. The molecule has 2 heterocycles. The number of rotatable bonds is 6. The first kappa shape index (κ1) is 21.3. The fourth-order valence-corrected chi connectivity index (χ4v) is 4.16. The number of carbonyl (C=O) groups excluding carboxylic acids is 4. The zero-order chi connectivity index (χ0) is 23.0. The van der Waals surface area contributed by atoms with Gasteiger partial charge in [-0.15, -0.1) is 11.3 Å². The predicted octanol–water partition coefficient (Wildman–Crippen LogP) is 3.85. The summed E-state index contributed by atoms with van der Waals surface area (Å²) in [5, 5.41) is 14.3. The summed E-state index contributed by atoms with van der Waals surface area (Å²) in [5.74, 6) is -3.42. The van der Waals surface area contributed by atoms with Gasteiger partial charge in [-0.05, 0) is 29.6 Å².